The van der Waals surface area contributed by atoms with E-state index in [1.54, 1.807) is 24.3 Å². The van der Waals surface area contributed by atoms with Crippen LogP contribution in [0.4, 0.5) is 5.69 Å². The number of ether oxygens (including phenoxy) is 2. The Kier molecular flexibility index (Phi) is 6.49. The van der Waals surface area contributed by atoms with Crippen molar-refractivity contribution in [3.8, 4) is 11.5 Å². The van der Waals surface area contributed by atoms with E-state index in [-0.39, 0.29) is 5.91 Å². The summed E-state index contributed by atoms with van der Waals surface area (Å²) in [4.78, 5) is 12.1. The Hall–Kier alpha value is -2.69. The van der Waals surface area contributed by atoms with E-state index in [4.69, 9.17) is 15.2 Å². The summed E-state index contributed by atoms with van der Waals surface area (Å²) in [7, 11) is 0. The standard InChI is InChI=1S/C19H24N2O3/c1-3-23-17-10-9-14(13-18(17)24-4-2)11-12-21-19(22)15-7-5-6-8-16(15)20/h5-10,13H,3-4,11-12,20H2,1-2H3,(H,21,22). The van der Waals surface area contributed by atoms with E-state index >= 15 is 0 Å². The van der Waals surface area contributed by atoms with Gasteiger partial charge in [0.15, 0.2) is 11.5 Å². The molecule has 0 bridgehead atoms. The van der Waals surface area contributed by atoms with E-state index in [1.165, 1.54) is 0 Å². The SMILES string of the molecule is CCOc1ccc(CCNC(=O)c2ccccc2N)cc1OCC. The van der Waals surface area contributed by atoms with Gasteiger partial charge < -0.3 is 20.5 Å². The number of hydrogen-bond acceptors (Lipinski definition) is 4. The molecule has 0 aliphatic heterocycles. The van der Waals surface area contributed by atoms with Crippen molar-refractivity contribution < 1.29 is 14.3 Å². The zero-order valence-electron chi connectivity index (χ0n) is 14.2. The number of hydrogen-bond donors (Lipinski definition) is 2. The largest absolute Gasteiger partial charge is 0.490 e. The van der Waals surface area contributed by atoms with Crippen molar-refractivity contribution in [1.82, 2.24) is 5.32 Å². The number of anilines is 1. The molecule has 0 saturated carbocycles. The second kappa shape index (κ2) is 8.82. The molecule has 0 atom stereocenters. The molecule has 128 valence electrons. The Morgan fingerprint density at radius 1 is 1.04 bits per heavy atom. The van der Waals surface area contributed by atoms with E-state index in [0.717, 1.165) is 17.1 Å². The van der Waals surface area contributed by atoms with Gasteiger partial charge in [-0.2, -0.15) is 0 Å². The summed E-state index contributed by atoms with van der Waals surface area (Å²) >= 11 is 0. The maximum absolute atomic E-state index is 12.1. The van der Waals surface area contributed by atoms with E-state index in [2.05, 4.69) is 5.32 Å². The van der Waals surface area contributed by atoms with Crippen molar-refractivity contribution in [1.29, 1.82) is 0 Å². The maximum Gasteiger partial charge on any atom is 0.253 e. The van der Waals surface area contributed by atoms with Gasteiger partial charge >= 0.3 is 0 Å². The molecule has 0 aliphatic carbocycles. The summed E-state index contributed by atoms with van der Waals surface area (Å²) in [5.41, 5.74) is 7.86. The third-order valence-electron chi connectivity index (χ3n) is 3.51. The Morgan fingerprint density at radius 2 is 1.75 bits per heavy atom. The molecule has 5 heteroatoms. The highest BCUT2D eigenvalue weighted by Crippen LogP contribution is 2.28. The fourth-order valence-corrected chi connectivity index (χ4v) is 2.37. The molecule has 0 fully saturated rings. The molecule has 0 saturated heterocycles. The first-order valence-electron chi connectivity index (χ1n) is 8.17. The second-order valence-electron chi connectivity index (χ2n) is 5.24. The molecular weight excluding hydrogens is 304 g/mol. The maximum atomic E-state index is 12.1. The molecule has 0 aliphatic rings. The molecule has 0 radical (unpaired) electrons. The molecule has 0 heterocycles. The van der Waals surface area contributed by atoms with Gasteiger partial charge in [0, 0.05) is 12.2 Å². The summed E-state index contributed by atoms with van der Waals surface area (Å²) in [5.74, 6) is 1.31. The van der Waals surface area contributed by atoms with Crippen LogP contribution in [0.25, 0.3) is 0 Å². The van der Waals surface area contributed by atoms with Gasteiger partial charge in [-0.1, -0.05) is 18.2 Å². The van der Waals surface area contributed by atoms with Crippen LogP contribution in [0.5, 0.6) is 11.5 Å². The normalized spacial score (nSPS) is 10.2. The minimum Gasteiger partial charge on any atom is -0.490 e. The number of rotatable bonds is 8. The molecule has 24 heavy (non-hydrogen) atoms. The molecule has 0 spiro atoms. The van der Waals surface area contributed by atoms with E-state index in [1.807, 2.05) is 32.0 Å². The molecule has 3 N–H and O–H groups in total. The topological polar surface area (TPSA) is 73.6 Å². The van der Waals surface area contributed by atoms with Crippen LogP contribution in [0, 0.1) is 0 Å². The average molecular weight is 328 g/mol. The van der Waals surface area contributed by atoms with Crippen molar-refractivity contribution in [3.05, 3.63) is 53.6 Å². The second-order valence-corrected chi connectivity index (χ2v) is 5.24. The van der Waals surface area contributed by atoms with Crippen LogP contribution in [-0.4, -0.2) is 25.7 Å². The Bertz CT molecular complexity index is 686. The van der Waals surface area contributed by atoms with Crippen LogP contribution < -0.4 is 20.5 Å². The van der Waals surface area contributed by atoms with Crippen LogP contribution in [0.2, 0.25) is 0 Å². The van der Waals surface area contributed by atoms with E-state index in [9.17, 15) is 4.79 Å². The fraction of sp³-hybridized carbons (Fsp3) is 0.316. The third-order valence-corrected chi connectivity index (χ3v) is 3.51. The number of nitrogens with one attached hydrogen (secondary N) is 1. The van der Waals surface area contributed by atoms with Crippen molar-refractivity contribution in [2.45, 2.75) is 20.3 Å². The molecule has 1 amide bonds. The summed E-state index contributed by atoms with van der Waals surface area (Å²) in [6.45, 7) is 5.57. The first kappa shape index (κ1) is 17.7. The zero-order valence-corrected chi connectivity index (χ0v) is 14.2. The van der Waals surface area contributed by atoms with Crippen molar-refractivity contribution in [2.24, 2.45) is 0 Å². The summed E-state index contributed by atoms with van der Waals surface area (Å²) in [5, 5.41) is 2.89. The van der Waals surface area contributed by atoms with Crippen molar-refractivity contribution in [2.75, 3.05) is 25.5 Å². The Morgan fingerprint density at radius 3 is 2.46 bits per heavy atom. The zero-order chi connectivity index (χ0) is 17.4. The van der Waals surface area contributed by atoms with Crippen LogP contribution in [0.15, 0.2) is 42.5 Å². The predicted molar refractivity (Wildman–Crippen MR) is 95.7 cm³/mol. The lowest BCUT2D eigenvalue weighted by atomic mass is 10.1. The lowest BCUT2D eigenvalue weighted by Gasteiger charge is -2.13. The number of amides is 1. The first-order chi connectivity index (χ1) is 11.7. The highest BCUT2D eigenvalue weighted by molar-refractivity contribution is 5.99. The van der Waals surface area contributed by atoms with Crippen LogP contribution in [0.1, 0.15) is 29.8 Å². The monoisotopic (exact) mass is 328 g/mol. The minimum atomic E-state index is -0.163. The average Bonchev–Trinajstić information content (AvgIpc) is 2.58. The van der Waals surface area contributed by atoms with Gasteiger partial charge in [-0.3, -0.25) is 4.79 Å². The van der Waals surface area contributed by atoms with Crippen LogP contribution in [-0.2, 0) is 6.42 Å². The lowest BCUT2D eigenvalue weighted by molar-refractivity contribution is 0.0955. The molecular formula is C19H24N2O3. The van der Waals surface area contributed by atoms with Crippen LogP contribution in [0.3, 0.4) is 0 Å². The Balaban J connectivity index is 1.95. The van der Waals surface area contributed by atoms with Gasteiger partial charge in [0.1, 0.15) is 0 Å². The first-order valence-corrected chi connectivity index (χ1v) is 8.17. The smallest absolute Gasteiger partial charge is 0.253 e. The van der Waals surface area contributed by atoms with Gasteiger partial charge in [-0.15, -0.1) is 0 Å². The number of benzene rings is 2. The van der Waals surface area contributed by atoms with Gasteiger partial charge in [-0.05, 0) is 50.1 Å². The van der Waals surface area contributed by atoms with Crippen LogP contribution >= 0.6 is 0 Å². The number of nitrogen functional groups attached to an aromatic ring is 1. The fourth-order valence-electron chi connectivity index (χ4n) is 2.37. The molecule has 2 rings (SSSR count). The third kappa shape index (κ3) is 4.65. The highest BCUT2D eigenvalue weighted by Gasteiger charge is 2.09. The van der Waals surface area contributed by atoms with Gasteiger partial charge in [0.2, 0.25) is 0 Å². The lowest BCUT2D eigenvalue weighted by Crippen LogP contribution is -2.26. The number of nitrogens with two attached hydrogens (primary N) is 1. The van der Waals surface area contributed by atoms with E-state index in [0.29, 0.717) is 37.4 Å². The molecule has 0 aromatic heterocycles. The number of para-hydroxylation sites is 1. The summed E-state index contributed by atoms with van der Waals surface area (Å²) < 4.78 is 11.2. The quantitative estimate of drug-likeness (QED) is 0.731. The van der Waals surface area contributed by atoms with Crippen molar-refractivity contribution >= 4 is 11.6 Å². The van der Waals surface area contributed by atoms with E-state index < -0.39 is 0 Å². The summed E-state index contributed by atoms with van der Waals surface area (Å²) in [6.07, 6.45) is 0.699. The van der Waals surface area contributed by atoms with Gasteiger partial charge in [0.25, 0.3) is 5.91 Å². The molecule has 2 aromatic carbocycles. The summed E-state index contributed by atoms with van der Waals surface area (Å²) in [6, 6.07) is 12.9. The van der Waals surface area contributed by atoms with Crippen molar-refractivity contribution in [3.63, 3.8) is 0 Å². The Labute approximate surface area is 142 Å². The molecule has 0 unspecified atom stereocenters. The minimum absolute atomic E-state index is 0.163. The molecule has 5 nitrogen and oxygen atoms in total. The number of carbonyl (C=O) groups is 1. The van der Waals surface area contributed by atoms with Gasteiger partial charge in [-0.25, -0.2) is 0 Å². The molecule has 2 aromatic rings. The van der Waals surface area contributed by atoms with Gasteiger partial charge in [0.05, 0.1) is 18.8 Å². The predicted octanol–water partition coefficient (Wildman–Crippen LogP) is 3.04. The number of carbonyl (C=O) groups excluding carboxylic acids is 1. The highest BCUT2D eigenvalue weighted by atomic mass is 16.5.